The third-order valence-corrected chi connectivity index (χ3v) is 5.20. The van der Waals surface area contributed by atoms with Crippen molar-refractivity contribution in [1.29, 1.82) is 0 Å². The quantitative estimate of drug-likeness (QED) is 0.637. The molecule has 118 valence electrons. The van der Waals surface area contributed by atoms with E-state index in [1.807, 2.05) is 0 Å². The molecule has 1 saturated heterocycles. The molecule has 2 N–H and O–H groups in total. The predicted molar refractivity (Wildman–Crippen MR) is 81.4 cm³/mol. The second-order valence-corrected chi connectivity index (χ2v) is 6.57. The maximum atomic E-state index is 12.4. The standard InChI is InChI=1S/C12H17N3O4S.ClH/c1-8-3-4-11(15(16)17)12(9(8)2)20(18,19)14-10-5-6-13-7-10;/h3-4,10,13-14H,5-7H2,1-2H3;1H. The highest BCUT2D eigenvalue weighted by atomic mass is 35.5. The summed E-state index contributed by atoms with van der Waals surface area (Å²) in [7, 11) is -3.90. The van der Waals surface area contributed by atoms with Gasteiger partial charge in [0.2, 0.25) is 10.0 Å². The largest absolute Gasteiger partial charge is 0.315 e. The lowest BCUT2D eigenvalue weighted by Crippen LogP contribution is -2.36. The summed E-state index contributed by atoms with van der Waals surface area (Å²) in [5.74, 6) is 0. The van der Waals surface area contributed by atoms with E-state index in [1.54, 1.807) is 19.9 Å². The molecule has 0 radical (unpaired) electrons. The van der Waals surface area contributed by atoms with Crippen LogP contribution in [0.1, 0.15) is 17.5 Å². The Hall–Kier alpha value is -1.22. The minimum Gasteiger partial charge on any atom is -0.315 e. The lowest BCUT2D eigenvalue weighted by molar-refractivity contribution is -0.387. The number of benzene rings is 1. The summed E-state index contributed by atoms with van der Waals surface area (Å²) in [6.07, 6.45) is 0.678. The molecule has 1 fully saturated rings. The van der Waals surface area contributed by atoms with E-state index in [1.165, 1.54) is 6.07 Å². The number of nitro benzene ring substituents is 1. The summed E-state index contributed by atoms with van der Waals surface area (Å²) < 4.78 is 27.4. The zero-order valence-electron chi connectivity index (χ0n) is 11.8. The topological polar surface area (TPSA) is 101 Å². The molecule has 0 aliphatic carbocycles. The van der Waals surface area contributed by atoms with Crippen LogP contribution in [-0.2, 0) is 10.0 Å². The van der Waals surface area contributed by atoms with Gasteiger partial charge in [0.05, 0.1) is 4.92 Å². The summed E-state index contributed by atoms with van der Waals surface area (Å²) in [6, 6.07) is 2.58. The van der Waals surface area contributed by atoms with Crippen LogP contribution in [0.25, 0.3) is 0 Å². The highest BCUT2D eigenvalue weighted by molar-refractivity contribution is 7.89. The molecule has 1 aliphatic rings. The van der Waals surface area contributed by atoms with Gasteiger partial charge in [-0.1, -0.05) is 6.07 Å². The van der Waals surface area contributed by atoms with Gasteiger partial charge < -0.3 is 5.32 Å². The van der Waals surface area contributed by atoms with Crippen LogP contribution < -0.4 is 10.0 Å². The number of aryl methyl sites for hydroxylation is 1. The van der Waals surface area contributed by atoms with Gasteiger partial charge in [-0.05, 0) is 37.9 Å². The molecule has 0 spiro atoms. The fourth-order valence-corrected chi connectivity index (χ4v) is 4.03. The fourth-order valence-electron chi connectivity index (χ4n) is 2.29. The van der Waals surface area contributed by atoms with Crippen molar-refractivity contribution < 1.29 is 13.3 Å². The molecule has 0 bridgehead atoms. The number of hydrogen-bond acceptors (Lipinski definition) is 5. The van der Waals surface area contributed by atoms with E-state index < -0.39 is 14.9 Å². The van der Waals surface area contributed by atoms with Crippen molar-refractivity contribution in [3.8, 4) is 0 Å². The van der Waals surface area contributed by atoms with Gasteiger partial charge in [-0.25, -0.2) is 13.1 Å². The Kier molecular flexibility index (Phi) is 5.68. The van der Waals surface area contributed by atoms with Crippen LogP contribution in [0.5, 0.6) is 0 Å². The average Bonchev–Trinajstić information content (AvgIpc) is 2.83. The van der Waals surface area contributed by atoms with E-state index in [-0.39, 0.29) is 29.0 Å². The summed E-state index contributed by atoms with van der Waals surface area (Å²) in [5, 5.41) is 14.1. The molecule has 21 heavy (non-hydrogen) atoms. The van der Waals surface area contributed by atoms with E-state index in [4.69, 9.17) is 0 Å². The highest BCUT2D eigenvalue weighted by Crippen LogP contribution is 2.29. The Bertz CT molecular complexity index is 642. The molecule has 1 aromatic rings. The first kappa shape index (κ1) is 17.8. The minimum absolute atomic E-state index is 0. The molecule has 7 nitrogen and oxygen atoms in total. The molecular formula is C12H18ClN3O4S. The molecule has 2 rings (SSSR count). The number of rotatable bonds is 4. The third kappa shape index (κ3) is 3.70. The maximum absolute atomic E-state index is 12.4. The van der Waals surface area contributed by atoms with Crippen LogP contribution in [-0.4, -0.2) is 32.5 Å². The summed E-state index contributed by atoms with van der Waals surface area (Å²) in [6.45, 7) is 4.60. The van der Waals surface area contributed by atoms with Gasteiger partial charge in [-0.15, -0.1) is 12.4 Å². The van der Waals surface area contributed by atoms with Gasteiger partial charge in [-0.2, -0.15) is 0 Å². The minimum atomic E-state index is -3.90. The monoisotopic (exact) mass is 335 g/mol. The van der Waals surface area contributed by atoms with E-state index >= 15 is 0 Å². The molecule has 1 atom stereocenters. The number of nitrogens with zero attached hydrogens (tertiary/aromatic N) is 1. The first-order valence-corrected chi connectivity index (χ1v) is 7.79. The zero-order chi connectivity index (χ0) is 14.9. The van der Waals surface area contributed by atoms with Crippen molar-refractivity contribution in [1.82, 2.24) is 10.0 Å². The number of nitro groups is 1. The second-order valence-electron chi connectivity index (χ2n) is 4.92. The first-order chi connectivity index (χ1) is 9.33. The van der Waals surface area contributed by atoms with Gasteiger partial charge in [0.25, 0.3) is 5.69 Å². The van der Waals surface area contributed by atoms with E-state index in [0.717, 1.165) is 6.54 Å². The fraction of sp³-hybridized carbons (Fsp3) is 0.500. The van der Waals surface area contributed by atoms with Crippen molar-refractivity contribution in [2.75, 3.05) is 13.1 Å². The molecule has 1 aromatic carbocycles. The van der Waals surface area contributed by atoms with Crippen LogP contribution >= 0.6 is 12.4 Å². The van der Waals surface area contributed by atoms with E-state index in [9.17, 15) is 18.5 Å². The Morgan fingerprint density at radius 2 is 2.05 bits per heavy atom. The van der Waals surface area contributed by atoms with Gasteiger partial charge in [0.15, 0.2) is 4.90 Å². The van der Waals surface area contributed by atoms with Crippen LogP contribution in [0.3, 0.4) is 0 Å². The molecule has 9 heteroatoms. The van der Waals surface area contributed by atoms with E-state index in [0.29, 0.717) is 24.1 Å². The number of hydrogen-bond donors (Lipinski definition) is 2. The Morgan fingerprint density at radius 3 is 2.57 bits per heavy atom. The lowest BCUT2D eigenvalue weighted by atomic mass is 10.1. The Morgan fingerprint density at radius 1 is 1.38 bits per heavy atom. The lowest BCUT2D eigenvalue weighted by Gasteiger charge is -2.14. The van der Waals surface area contributed by atoms with Crippen molar-refractivity contribution in [3.05, 3.63) is 33.4 Å². The Balaban J connectivity index is 0.00000220. The Labute approximate surface area is 129 Å². The number of sulfonamides is 1. The van der Waals surface area contributed by atoms with Gasteiger partial charge in [0.1, 0.15) is 0 Å². The van der Waals surface area contributed by atoms with Crippen molar-refractivity contribution >= 4 is 28.1 Å². The number of halogens is 1. The normalized spacial score (nSPS) is 18.3. The van der Waals surface area contributed by atoms with Crippen LogP contribution in [0.2, 0.25) is 0 Å². The molecule has 0 saturated carbocycles. The molecular weight excluding hydrogens is 318 g/mol. The zero-order valence-corrected chi connectivity index (χ0v) is 13.4. The molecule has 1 heterocycles. The molecule has 1 unspecified atom stereocenters. The van der Waals surface area contributed by atoms with Gasteiger partial charge in [0, 0.05) is 18.7 Å². The van der Waals surface area contributed by atoms with E-state index in [2.05, 4.69) is 10.0 Å². The van der Waals surface area contributed by atoms with Crippen molar-refractivity contribution in [2.45, 2.75) is 31.2 Å². The van der Waals surface area contributed by atoms with Crippen LogP contribution in [0.4, 0.5) is 5.69 Å². The van der Waals surface area contributed by atoms with Gasteiger partial charge >= 0.3 is 0 Å². The highest BCUT2D eigenvalue weighted by Gasteiger charge is 2.31. The van der Waals surface area contributed by atoms with Crippen LogP contribution in [0.15, 0.2) is 17.0 Å². The summed E-state index contributed by atoms with van der Waals surface area (Å²) >= 11 is 0. The molecule has 0 amide bonds. The summed E-state index contributed by atoms with van der Waals surface area (Å²) in [5.41, 5.74) is 0.740. The average molecular weight is 336 g/mol. The van der Waals surface area contributed by atoms with Crippen molar-refractivity contribution in [2.24, 2.45) is 0 Å². The SMILES string of the molecule is Cc1ccc([N+](=O)[O-])c(S(=O)(=O)NC2CCNC2)c1C.Cl. The molecule has 0 aromatic heterocycles. The molecule has 1 aliphatic heterocycles. The second kappa shape index (κ2) is 6.69. The maximum Gasteiger partial charge on any atom is 0.289 e. The third-order valence-electron chi connectivity index (χ3n) is 3.50. The smallest absolute Gasteiger partial charge is 0.289 e. The predicted octanol–water partition coefficient (Wildman–Crippen LogP) is 1.27. The first-order valence-electron chi connectivity index (χ1n) is 6.30. The van der Waals surface area contributed by atoms with Gasteiger partial charge in [-0.3, -0.25) is 10.1 Å². The summed E-state index contributed by atoms with van der Waals surface area (Å²) in [4.78, 5) is 10.2. The van der Waals surface area contributed by atoms with Crippen molar-refractivity contribution in [3.63, 3.8) is 0 Å². The number of nitrogens with one attached hydrogen (secondary N) is 2. The van der Waals surface area contributed by atoms with Crippen LogP contribution in [0, 0.1) is 24.0 Å².